The first-order valence-corrected chi connectivity index (χ1v) is 11.3. The van der Waals surface area contributed by atoms with Crippen molar-refractivity contribution in [1.82, 2.24) is 0 Å². The number of carbonyl (C=O) groups excluding carboxylic acids is 2. The van der Waals surface area contributed by atoms with E-state index in [2.05, 4.69) is 31.2 Å². The van der Waals surface area contributed by atoms with Gasteiger partial charge in [-0.2, -0.15) is 0 Å². The molecule has 170 valence electrons. The molecule has 1 aliphatic heterocycles. The zero-order chi connectivity index (χ0) is 23.8. The molecule has 2 amide bonds. The predicted octanol–water partition coefficient (Wildman–Crippen LogP) is 4.56. The highest BCUT2D eigenvalue weighted by molar-refractivity contribution is 6.24. The van der Waals surface area contributed by atoms with Crippen LogP contribution in [0.3, 0.4) is 0 Å². The quantitative estimate of drug-likeness (QED) is 0.327. The van der Waals surface area contributed by atoms with Gasteiger partial charge in [0.25, 0.3) is 5.69 Å². The van der Waals surface area contributed by atoms with E-state index < -0.39 is 22.2 Å². The Hall–Kier alpha value is -4.00. The predicted molar refractivity (Wildman–Crippen MR) is 125 cm³/mol. The van der Waals surface area contributed by atoms with Crippen LogP contribution in [0.25, 0.3) is 0 Å². The number of amides is 2. The summed E-state index contributed by atoms with van der Waals surface area (Å²) in [6, 6.07) is 20.3. The fourth-order valence-corrected chi connectivity index (χ4v) is 6.73. The maximum atomic E-state index is 14.1. The standard InChI is InChI=1S/C27H22N2O5/c1-3-27-18-10-6-4-8-16(18)22(17-9-5-7-11-19(17)27)23-24(27)26(31)28(25(23)30)20-13-12-15(29(32)33)14-21(20)34-2/h4-14,22-24H,3H2,1-2H3/t22?,23-,24-,27?/m1/s1. The third kappa shape index (κ3) is 2.31. The van der Waals surface area contributed by atoms with Crippen LogP contribution in [0.1, 0.15) is 41.5 Å². The van der Waals surface area contributed by atoms with E-state index in [0.717, 1.165) is 22.3 Å². The monoisotopic (exact) mass is 454 g/mol. The minimum absolute atomic E-state index is 0.127. The van der Waals surface area contributed by atoms with E-state index in [9.17, 15) is 19.7 Å². The zero-order valence-corrected chi connectivity index (χ0v) is 18.7. The average Bonchev–Trinajstić information content (AvgIpc) is 3.14. The highest BCUT2D eigenvalue weighted by atomic mass is 16.6. The summed E-state index contributed by atoms with van der Waals surface area (Å²) in [4.78, 5) is 40.1. The number of non-ortho nitro benzene ring substituents is 1. The molecule has 4 aliphatic rings. The molecule has 0 saturated carbocycles. The number of benzene rings is 3. The maximum Gasteiger partial charge on any atom is 0.273 e. The van der Waals surface area contributed by atoms with Crippen LogP contribution in [0.15, 0.2) is 66.7 Å². The summed E-state index contributed by atoms with van der Waals surface area (Å²) in [6.07, 6.45) is 0.666. The van der Waals surface area contributed by atoms with E-state index in [0.29, 0.717) is 6.42 Å². The molecule has 0 spiro atoms. The second kappa shape index (κ2) is 7.00. The molecule has 2 bridgehead atoms. The number of hydrogen-bond acceptors (Lipinski definition) is 5. The molecular formula is C27H22N2O5. The van der Waals surface area contributed by atoms with E-state index in [1.165, 1.54) is 30.2 Å². The summed E-state index contributed by atoms with van der Waals surface area (Å²) < 4.78 is 5.39. The molecule has 0 unspecified atom stereocenters. The molecule has 3 aromatic rings. The van der Waals surface area contributed by atoms with Gasteiger partial charge in [0.15, 0.2) is 0 Å². The number of rotatable bonds is 4. The van der Waals surface area contributed by atoms with Gasteiger partial charge in [0.05, 0.1) is 35.6 Å². The number of nitro groups is 1. The molecule has 1 heterocycles. The number of anilines is 1. The number of nitrogens with zero attached hydrogens (tertiary/aromatic N) is 2. The average molecular weight is 454 g/mol. The van der Waals surface area contributed by atoms with Crippen molar-refractivity contribution in [3.05, 3.63) is 99.1 Å². The van der Waals surface area contributed by atoms with E-state index in [-0.39, 0.29) is 34.9 Å². The van der Waals surface area contributed by atoms with Gasteiger partial charge in [0, 0.05) is 17.4 Å². The number of imide groups is 1. The van der Waals surface area contributed by atoms with Gasteiger partial charge in [0.1, 0.15) is 5.75 Å². The molecule has 34 heavy (non-hydrogen) atoms. The van der Waals surface area contributed by atoms with E-state index in [1.807, 2.05) is 24.3 Å². The van der Waals surface area contributed by atoms with Crippen molar-refractivity contribution in [3.63, 3.8) is 0 Å². The maximum absolute atomic E-state index is 14.1. The normalized spacial score (nSPS) is 26.2. The Kier molecular flexibility index (Phi) is 4.24. The molecule has 0 aromatic heterocycles. The lowest BCUT2D eigenvalue weighted by atomic mass is 9.46. The highest BCUT2D eigenvalue weighted by Gasteiger charge is 2.67. The lowest BCUT2D eigenvalue weighted by Crippen LogP contribution is -2.53. The van der Waals surface area contributed by atoms with Crippen molar-refractivity contribution < 1.29 is 19.2 Å². The van der Waals surface area contributed by atoms with Gasteiger partial charge in [0.2, 0.25) is 11.8 Å². The number of nitro benzene ring substituents is 1. The van der Waals surface area contributed by atoms with Crippen molar-refractivity contribution in [2.24, 2.45) is 11.8 Å². The Balaban J connectivity index is 1.59. The van der Waals surface area contributed by atoms with Crippen molar-refractivity contribution in [2.45, 2.75) is 24.7 Å². The second-order valence-corrected chi connectivity index (χ2v) is 9.11. The largest absolute Gasteiger partial charge is 0.494 e. The first-order chi connectivity index (χ1) is 16.5. The van der Waals surface area contributed by atoms with Gasteiger partial charge in [-0.1, -0.05) is 55.5 Å². The molecule has 2 atom stereocenters. The third-order valence-electron chi connectivity index (χ3n) is 7.97. The summed E-state index contributed by atoms with van der Waals surface area (Å²) >= 11 is 0. The van der Waals surface area contributed by atoms with Gasteiger partial charge in [-0.05, 0) is 34.7 Å². The van der Waals surface area contributed by atoms with Gasteiger partial charge in [-0.15, -0.1) is 0 Å². The Labute approximate surface area is 196 Å². The zero-order valence-electron chi connectivity index (χ0n) is 18.7. The summed E-state index contributed by atoms with van der Waals surface area (Å²) in [6.45, 7) is 2.07. The summed E-state index contributed by atoms with van der Waals surface area (Å²) in [5, 5.41) is 11.3. The third-order valence-corrected chi connectivity index (χ3v) is 7.97. The van der Waals surface area contributed by atoms with Gasteiger partial charge in [-0.25, -0.2) is 4.90 Å². The van der Waals surface area contributed by atoms with Crippen molar-refractivity contribution in [3.8, 4) is 5.75 Å². The van der Waals surface area contributed by atoms with Crippen LogP contribution in [0.2, 0.25) is 0 Å². The fraction of sp³-hybridized carbons (Fsp3) is 0.259. The van der Waals surface area contributed by atoms with Crippen LogP contribution in [0, 0.1) is 22.0 Å². The SMILES string of the molecule is CCC12c3ccccc3C(c3ccccc31)[C@H]1C(=O)N(c3ccc([N+](=O)[O-])cc3OC)C(=O)[C@@H]12. The number of ether oxygens (including phenoxy) is 1. The van der Waals surface area contributed by atoms with Gasteiger partial charge in [-0.3, -0.25) is 19.7 Å². The van der Waals surface area contributed by atoms with Crippen molar-refractivity contribution >= 4 is 23.2 Å². The van der Waals surface area contributed by atoms with Crippen LogP contribution < -0.4 is 9.64 Å². The lowest BCUT2D eigenvalue weighted by molar-refractivity contribution is -0.384. The second-order valence-electron chi connectivity index (χ2n) is 9.11. The lowest BCUT2D eigenvalue weighted by Gasteiger charge is -2.54. The number of methoxy groups -OCH3 is 1. The molecule has 1 saturated heterocycles. The Morgan fingerprint density at radius 1 is 0.971 bits per heavy atom. The number of carbonyl (C=O) groups is 2. The Morgan fingerprint density at radius 2 is 1.59 bits per heavy atom. The Morgan fingerprint density at radius 3 is 2.15 bits per heavy atom. The Bertz CT molecular complexity index is 1350. The van der Waals surface area contributed by atoms with Crippen LogP contribution in [0.5, 0.6) is 5.75 Å². The van der Waals surface area contributed by atoms with Crippen LogP contribution in [-0.4, -0.2) is 23.8 Å². The molecular weight excluding hydrogens is 432 g/mol. The molecule has 7 heteroatoms. The smallest absolute Gasteiger partial charge is 0.273 e. The first-order valence-electron chi connectivity index (χ1n) is 11.3. The van der Waals surface area contributed by atoms with E-state index in [1.54, 1.807) is 0 Å². The highest BCUT2D eigenvalue weighted by Crippen LogP contribution is 2.65. The molecule has 0 radical (unpaired) electrons. The van der Waals surface area contributed by atoms with Crippen LogP contribution >= 0.6 is 0 Å². The molecule has 7 rings (SSSR count). The summed E-state index contributed by atoms with van der Waals surface area (Å²) in [5.74, 6) is -1.76. The molecule has 0 N–H and O–H groups in total. The minimum atomic E-state index is -0.623. The molecule has 3 aromatic carbocycles. The minimum Gasteiger partial charge on any atom is -0.494 e. The first kappa shape index (κ1) is 20.6. The van der Waals surface area contributed by atoms with Crippen LogP contribution in [-0.2, 0) is 15.0 Å². The van der Waals surface area contributed by atoms with Crippen molar-refractivity contribution in [1.29, 1.82) is 0 Å². The summed E-state index contributed by atoms with van der Waals surface area (Å²) in [5.41, 5.74) is 3.88. The molecule has 7 nitrogen and oxygen atoms in total. The fourth-order valence-electron chi connectivity index (χ4n) is 6.73. The van der Waals surface area contributed by atoms with Crippen molar-refractivity contribution in [2.75, 3.05) is 12.0 Å². The van der Waals surface area contributed by atoms with Gasteiger partial charge < -0.3 is 4.74 Å². The van der Waals surface area contributed by atoms with Crippen LogP contribution in [0.4, 0.5) is 11.4 Å². The van der Waals surface area contributed by atoms with E-state index >= 15 is 0 Å². The number of hydrogen-bond donors (Lipinski definition) is 0. The van der Waals surface area contributed by atoms with E-state index in [4.69, 9.17) is 4.74 Å². The topological polar surface area (TPSA) is 89.8 Å². The molecule has 3 aliphatic carbocycles. The molecule has 1 fully saturated rings. The summed E-state index contributed by atoms with van der Waals surface area (Å²) in [7, 11) is 1.38. The van der Waals surface area contributed by atoms with Gasteiger partial charge >= 0.3 is 0 Å².